The van der Waals surface area contributed by atoms with E-state index in [1.54, 1.807) is 24.3 Å². The quantitative estimate of drug-likeness (QED) is 0.739. The second kappa shape index (κ2) is 9.40. The van der Waals surface area contributed by atoms with E-state index >= 15 is 0 Å². The second-order valence-electron chi connectivity index (χ2n) is 7.52. The number of nitrogens with one attached hydrogen (secondary N) is 1. The van der Waals surface area contributed by atoms with E-state index in [0.717, 1.165) is 19.3 Å². The van der Waals surface area contributed by atoms with Crippen molar-refractivity contribution in [1.82, 2.24) is 5.32 Å². The number of rotatable bonds is 7. The molecule has 2 rings (SSSR count). The largest absolute Gasteiger partial charge is 0.493 e. The normalized spacial score (nSPS) is 16.9. The molecule has 1 atom stereocenters. The molecule has 6 heteroatoms. The number of benzene rings is 1. The highest BCUT2D eigenvalue weighted by atomic mass is 16.5. The molecular formula is C21H28N2O4. The highest BCUT2D eigenvalue weighted by Crippen LogP contribution is 2.27. The van der Waals surface area contributed by atoms with Crippen LogP contribution in [0.15, 0.2) is 24.3 Å². The minimum absolute atomic E-state index is 0.346. The van der Waals surface area contributed by atoms with Crippen molar-refractivity contribution < 1.29 is 19.1 Å². The smallest absolute Gasteiger partial charge is 0.338 e. The van der Waals surface area contributed by atoms with Crippen LogP contribution in [0.25, 0.3) is 0 Å². The van der Waals surface area contributed by atoms with E-state index in [-0.39, 0.29) is 0 Å². The molecule has 6 nitrogen and oxygen atoms in total. The SMILES string of the molecule is CC(C)COc1ccc(C(=O)O[C@@H](C)C(=O)NC2(C#N)CCCCC2)cc1. The molecule has 0 aliphatic heterocycles. The van der Waals surface area contributed by atoms with Gasteiger partial charge in [-0.3, -0.25) is 4.79 Å². The molecule has 1 saturated carbocycles. The third kappa shape index (κ3) is 5.99. The predicted octanol–water partition coefficient (Wildman–Crippen LogP) is 3.61. The van der Waals surface area contributed by atoms with Crippen LogP contribution in [0.2, 0.25) is 0 Å². The van der Waals surface area contributed by atoms with E-state index in [1.165, 1.54) is 6.92 Å². The molecule has 1 aromatic rings. The number of carbonyl (C=O) groups is 2. The number of hydrogen-bond donors (Lipinski definition) is 1. The number of ether oxygens (including phenoxy) is 2. The van der Waals surface area contributed by atoms with Crippen molar-refractivity contribution in [2.75, 3.05) is 6.61 Å². The molecular weight excluding hydrogens is 344 g/mol. The van der Waals surface area contributed by atoms with Gasteiger partial charge < -0.3 is 14.8 Å². The fourth-order valence-corrected chi connectivity index (χ4v) is 2.99. The Hall–Kier alpha value is -2.55. The van der Waals surface area contributed by atoms with Crippen molar-refractivity contribution >= 4 is 11.9 Å². The third-order valence-electron chi connectivity index (χ3n) is 4.61. The van der Waals surface area contributed by atoms with Gasteiger partial charge in [0.2, 0.25) is 0 Å². The zero-order valence-corrected chi connectivity index (χ0v) is 16.3. The van der Waals surface area contributed by atoms with Gasteiger partial charge in [-0.05, 0) is 49.9 Å². The van der Waals surface area contributed by atoms with Crippen molar-refractivity contribution in [2.24, 2.45) is 5.92 Å². The van der Waals surface area contributed by atoms with Crippen LogP contribution in [0, 0.1) is 17.2 Å². The van der Waals surface area contributed by atoms with E-state index in [2.05, 4.69) is 25.2 Å². The van der Waals surface area contributed by atoms with Gasteiger partial charge in [0.15, 0.2) is 6.10 Å². The Labute approximate surface area is 160 Å². The Morgan fingerprint density at radius 3 is 2.33 bits per heavy atom. The number of amides is 1. The molecule has 1 aliphatic rings. The first kappa shape index (κ1) is 20.8. The zero-order valence-electron chi connectivity index (χ0n) is 16.3. The number of hydrogen-bond acceptors (Lipinski definition) is 5. The summed E-state index contributed by atoms with van der Waals surface area (Å²) in [5.74, 6) is 0.0700. The van der Waals surface area contributed by atoms with Crippen LogP contribution in [0.4, 0.5) is 0 Å². The summed E-state index contributed by atoms with van der Waals surface area (Å²) in [6.45, 7) is 6.23. The molecule has 0 unspecified atom stereocenters. The van der Waals surface area contributed by atoms with E-state index in [9.17, 15) is 14.9 Å². The van der Waals surface area contributed by atoms with Crippen LogP contribution in [0.5, 0.6) is 5.75 Å². The molecule has 1 N–H and O–H groups in total. The summed E-state index contributed by atoms with van der Waals surface area (Å²) in [4.78, 5) is 24.7. The summed E-state index contributed by atoms with van der Waals surface area (Å²) in [6, 6.07) is 8.86. The van der Waals surface area contributed by atoms with Crippen LogP contribution in [0.3, 0.4) is 0 Å². The van der Waals surface area contributed by atoms with Crippen LogP contribution >= 0.6 is 0 Å². The number of carbonyl (C=O) groups excluding carboxylic acids is 2. The van der Waals surface area contributed by atoms with Crippen LogP contribution in [-0.2, 0) is 9.53 Å². The maximum atomic E-state index is 12.4. The first-order valence-corrected chi connectivity index (χ1v) is 9.52. The average Bonchev–Trinajstić information content (AvgIpc) is 2.67. The van der Waals surface area contributed by atoms with Crippen LogP contribution in [0.1, 0.15) is 63.2 Å². The van der Waals surface area contributed by atoms with Gasteiger partial charge >= 0.3 is 5.97 Å². The van der Waals surface area contributed by atoms with Gasteiger partial charge in [0.25, 0.3) is 5.91 Å². The lowest BCUT2D eigenvalue weighted by Gasteiger charge is -2.32. The van der Waals surface area contributed by atoms with Crippen LogP contribution in [-0.4, -0.2) is 30.1 Å². The van der Waals surface area contributed by atoms with E-state index < -0.39 is 23.5 Å². The molecule has 1 aliphatic carbocycles. The Morgan fingerprint density at radius 2 is 1.78 bits per heavy atom. The van der Waals surface area contributed by atoms with E-state index in [1.807, 2.05) is 0 Å². The number of esters is 1. The summed E-state index contributed by atoms with van der Waals surface area (Å²) < 4.78 is 10.8. The van der Waals surface area contributed by atoms with Gasteiger partial charge in [0.05, 0.1) is 18.2 Å². The summed E-state index contributed by atoms with van der Waals surface area (Å²) in [7, 11) is 0. The average molecular weight is 372 g/mol. The molecule has 27 heavy (non-hydrogen) atoms. The minimum Gasteiger partial charge on any atom is -0.493 e. The summed E-state index contributed by atoms with van der Waals surface area (Å²) >= 11 is 0. The summed E-state index contributed by atoms with van der Waals surface area (Å²) in [5, 5.41) is 12.2. The van der Waals surface area contributed by atoms with Crippen molar-refractivity contribution in [1.29, 1.82) is 5.26 Å². The molecule has 0 aromatic heterocycles. The lowest BCUT2D eigenvalue weighted by Crippen LogP contribution is -2.52. The zero-order chi connectivity index (χ0) is 19.9. The topological polar surface area (TPSA) is 88.4 Å². The Kier molecular flexibility index (Phi) is 7.23. The molecule has 146 valence electrons. The van der Waals surface area contributed by atoms with Gasteiger partial charge in [0, 0.05) is 0 Å². The lowest BCUT2D eigenvalue weighted by atomic mass is 9.83. The first-order chi connectivity index (χ1) is 12.8. The number of nitriles is 1. The highest BCUT2D eigenvalue weighted by Gasteiger charge is 2.35. The second-order valence-corrected chi connectivity index (χ2v) is 7.52. The Morgan fingerprint density at radius 1 is 1.15 bits per heavy atom. The maximum absolute atomic E-state index is 12.4. The standard InChI is InChI=1S/C21H28N2O4/c1-15(2)13-26-18-9-7-17(8-10-18)20(25)27-16(3)19(24)23-21(14-22)11-5-4-6-12-21/h7-10,15-16H,4-6,11-13H2,1-3H3,(H,23,24)/t16-/m0/s1. The van der Waals surface area contributed by atoms with Crippen molar-refractivity contribution in [3.63, 3.8) is 0 Å². The van der Waals surface area contributed by atoms with Gasteiger partial charge in [-0.25, -0.2) is 4.79 Å². The fraction of sp³-hybridized carbons (Fsp3) is 0.571. The molecule has 0 saturated heterocycles. The van der Waals surface area contributed by atoms with Gasteiger partial charge in [-0.1, -0.05) is 33.1 Å². The fourth-order valence-electron chi connectivity index (χ4n) is 2.99. The first-order valence-electron chi connectivity index (χ1n) is 9.52. The van der Waals surface area contributed by atoms with Gasteiger partial charge in [-0.15, -0.1) is 0 Å². The minimum atomic E-state index is -0.971. The third-order valence-corrected chi connectivity index (χ3v) is 4.61. The van der Waals surface area contributed by atoms with E-state index in [0.29, 0.717) is 36.7 Å². The van der Waals surface area contributed by atoms with Gasteiger partial charge in [-0.2, -0.15) is 5.26 Å². The van der Waals surface area contributed by atoms with Gasteiger partial charge in [0.1, 0.15) is 11.3 Å². The Bertz CT molecular complexity index is 685. The maximum Gasteiger partial charge on any atom is 0.338 e. The highest BCUT2D eigenvalue weighted by molar-refractivity contribution is 5.92. The molecule has 1 fully saturated rings. The lowest BCUT2D eigenvalue weighted by molar-refractivity contribution is -0.130. The van der Waals surface area contributed by atoms with Crippen molar-refractivity contribution in [2.45, 2.75) is 64.5 Å². The van der Waals surface area contributed by atoms with E-state index in [4.69, 9.17) is 9.47 Å². The molecule has 0 heterocycles. The molecule has 1 aromatic carbocycles. The molecule has 0 radical (unpaired) electrons. The molecule has 0 bridgehead atoms. The number of nitrogens with zero attached hydrogens (tertiary/aromatic N) is 1. The summed E-state index contributed by atoms with van der Waals surface area (Å²) in [5.41, 5.74) is -0.495. The van der Waals surface area contributed by atoms with Crippen LogP contribution < -0.4 is 10.1 Å². The predicted molar refractivity (Wildman–Crippen MR) is 101 cm³/mol. The summed E-state index contributed by atoms with van der Waals surface area (Å²) in [6.07, 6.45) is 3.18. The molecule has 0 spiro atoms. The van der Waals surface area contributed by atoms with Crippen molar-refractivity contribution in [3.8, 4) is 11.8 Å². The van der Waals surface area contributed by atoms with Crippen molar-refractivity contribution in [3.05, 3.63) is 29.8 Å². The molecule has 1 amide bonds. The Balaban J connectivity index is 1.90. The monoisotopic (exact) mass is 372 g/mol.